The summed E-state index contributed by atoms with van der Waals surface area (Å²) in [4.78, 5) is 34.2. The van der Waals surface area contributed by atoms with E-state index in [0.29, 0.717) is 44.5 Å². The molecule has 0 unspecified atom stereocenters. The SMILES string of the molecule is NSc1nnc(NC(=O)CN2CCC(CN3CCN(CCOc4ccc(-c5cc6c(C(=O)O)c[nH]c6cc5Cl)cc4)CC3)CC2)s1. The Kier molecular flexibility index (Phi) is 10.7. The third-order valence-electron chi connectivity index (χ3n) is 8.65. The van der Waals surface area contributed by atoms with Crippen molar-refractivity contribution in [3.05, 3.63) is 53.2 Å². The fourth-order valence-electron chi connectivity index (χ4n) is 6.12. The van der Waals surface area contributed by atoms with E-state index in [0.717, 1.165) is 94.0 Å². The molecule has 2 saturated heterocycles. The quantitative estimate of drug-likeness (QED) is 0.124. The second-order valence-electron chi connectivity index (χ2n) is 11.7. The van der Waals surface area contributed by atoms with Crippen LogP contribution >= 0.6 is 34.9 Å². The largest absolute Gasteiger partial charge is 0.492 e. The molecular weight excluding hydrogens is 648 g/mol. The average molecular weight is 685 g/mol. The third-order valence-corrected chi connectivity index (χ3v) is 10.4. The number of nitrogens with zero attached hydrogens (tertiary/aromatic N) is 5. The number of carbonyl (C=O) groups excluding carboxylic acids is 1. The molecule has 2 aromatic carbocycles. The summed E-state index contributed by atoms with van der Waals surface area (Å²) in [5.41, 5.74) is 2.59. The molecule has 0 bridgehead atoms. The lowest BCUT2D eigenvalue weighted by Gasteiger charge is -2.38. The van der Waals surface area contributed by atoms with Gasteiger partial charge in [0.1, 0.15) is 12.4 Å². The number of benzene rings is 2. The van der Waals surface area contributed by atoms with Gasteiger partial charge in [-0.25, -0.2) is 4.79 Å². The number of piperazine rings is 1. The van der Waals surface area contributed by atoms with Gasteiger partial charge in [-0.3, -0.25) is 25.1 Å². The molecule has 0 saturated carbocycles. The minimum absolute atomic E-state index is 0.0616. The molecule has 244 valence electrons. The number of carboxylic acids is 1. The Bertz CT molecular complexity index is 1650. The Balaban J connectivity index is 0.880. The monoisotopic (exact) mass is 684 g/mol. The number of piperidine rings is 1. The first-order valence-electron chi connectivity index (χ1n) is 15.3. The van der Waals surface area contributed by atoms with Crippen LogP contribution in [0.2, 0.25) is 5.02 Å². The molecule has 0 spiro atoms. The maximum atomic E-state index is 12.4. The van der Waals surface area contributed by atoms with E-state index in [1.54, 1.807) is 6.07 Å². The van der Waals surface area contributed by atoms with E-state index < -0.39 is 5.97 Å². The Morgan fingerprint density at radius 3 is 2.50 bits per heavy atom. The number of ether oxygens (including phenoxy) is 1. The lowest BCUT2D eigenvalue weighted by molar-refractivity contribution is -0.117. The molecule has 12 nitrogen and oxygen atoms in total. The predicted molar refractivity (Wildman–Crippen MR) is 182 cm³/mol. The van der Waals surface area contributed by atoms with E-state index in [1.165, 1.54) is 17.5 Å². The summed E-state index contributed by atoms with van der Waals surface area (Å²) in [7, 11) is 0. The van der Waals surface area contributed by atoms with E-state index in [1.807, 2.05) is 30.3 Å². The van der Waals surface area contributed by atoms with Crippen LogP contribution in [0.4, 0.5) is 5.13 Å². The van der Waals surface area contributed by atoms with Crippen molar-refractivity contribution in [1.82, 2.24) is 29.9 Å². The number of nitrogens with two attached hydrogens (primary N) is 1. The van der Waals surface area contributed by atoms with Crippen LogP contribution in [-0.4, -0.2) is 112 Å². The normalized spacial score (nSPS) is 17.0. The predicted octanol–water partition coefficient (Wildman–Crippen LogP) is 4.35. The number of rotatable bonds is 12. The van der Waals surface area contributed by atoms with Crippen LogP contribution in [0.25, 0.3) is 22.0 Å². The van der Waals surface area contributed by atoms with Gasteiger partial charge in [0.05, 0.1) is 17.1 Å². The van der Waals surface area contributed by atoms with Crippen LogP contribution < -0.4 is 15.2 Å². The molecular formula is C31H37ClN8O4S2. The molecule has 2 fully saturated rings. The van der Waals surface area contributed by atoms with E-state index in [9.17, 15) is 14.7 Å². The van der Waals surface area contributed by atoms with E-state index >= 15 is 0 Å². The molecule has 2 aromatic heterocycles. The lowest BCUT2D eigenvalue weighted by Crippen LogP contribution is -2.49. The number of amides is 1. The minimum Gasteiger partial charge on any atom is -0.492 e. The van der Waals surface area contributed by atoms with E-state index in [4.69, 9.17) is 21.5 Å². The smallest absolute Gasteiger partial charge is 0.337 e. The molecule has 6 rings (SSSR count). The van der Waals surface area contributed by atoms with Crippen LogP contribution in [-0.2, 0) is 4.79 Å². The Morgan fingerprint density at radius 1 is 1.07 bits per heavy atom. The van der Waals surface area contributed by atoms with Gasteiger partial charge in [-0.2, -0.15) is 0 Å². The number of carbonyl (C=O) groups is 2. The first-order valence-corrected chi connectivity index (χ1v) is 17.4. The molecule has 15 heteroatoms. The van der Waals surface area contributed by atoms with Gasteiger partial charge in [-0.1, -0.05) is 35.1 Å². The molecule has 5 N–H and O–H groups in total. The third kappa shape index (κ3) is 8.18. The summed E-state index contributed by atoms with van der Waals surface area (Å²) < 4.78 is 6.68. The van der Waals surface area contributed by atoms with Crippen molar-refractivity contribution in [3.8, 4) is 16.9 Å². The highest BCUT2D eigenvalue weighted by Gasteiger charge is 2.25. The number of hydrogen-bond donors (Lipinski definition) is 4. The summed E-state index contributed by atoms with van der Waals surface area (Å²) in [6.45, 7) is 8.97. The number of H-pyrrole nitrogens is 1. The van der Waals surface area contributed by atoms with E-state index in [-0.39, 0.29) is 11.5 Å². The van der Waals surface area contributed by atoms with Crippen molar-refractivity contribution >= 4 is 62.8 Å². The molecule has 2 aliphatic heterocycles. The second-order valence-corrected chi connectivity index (χ2v) is 13.9. The number of anilines is 1. The highest BCUT2D eigenvalue weighted by Crippen LogP contribution is 2.34. The Labute approximate surface area is 280 Å². The first-order chi connectivity index (χ1) is 22.3. The van der Waals surface area contributed by atoms with Crippen LogP contribution in [0.1, 0.15) is 23.2 Å². The van der Waals surface area contributed by atoms with Crippen LogP contribution in [0.5, 0.6) is 5.75 Å². The van der Waals surface area contributed by atoms with Gasteiger partial charge >= 0.3 is 5.97 Å². The molecule has 0 radical (unpaired) electrons. The minimum atomic E-state index is -0.978. The molecule has 1 amide bonds. The van der Waals surface area contributed by atoms with Crippen molar-refractivity contribution in [2.24, 2.45) is 11.1 Å². The molecule has 0 atom stereocenters. The number of aromatic nitrogens is 3. The lowest BCUT2D eigenvalue weighted by atomic mass is 9.96. The summed E-state index contributed by atoms with van der Waals surface area (Å²) in [6, 6.07) is 11.3. The second kappa shape index (κ2) is 15.1. The number of likely N-dealkylation sites (tertiary alicyclic amines) is 1. The van der Waals surface area contributed by atoms with Gasteiger partial charge < -0.3 is 19.7 Å². The highest BCUT2D eigenvalue weighted by molar-refractivity contribution is 7.98. The van der Waals surface area contributed by atoms with Crippen LogP contribution in [0.15, 0.2) is 46.9 Å². The number of nitrogens with one attached hydrogen (secondary N) is 2. The molecule has 2 aliphatic rings. The maximum Gasteiger partial charge on any atom is 0.337 e. The van der Waals surface area contributed by atoms with Gasteiger partial charge in [0, 0.05) is 61.9 Å². The van der Waals surface area contributed by atoms with Crippen molar-refractivity contribution in [1.29, 1.82) is 0 Å². The molecule has 0 aliphatic carbocycles. The van der Waals surface area contributed by atoms with Gasteiger partial charge in [0.2, 0.25) is 11.0 Å². The fraction of sp³-hybridized carbons (Fsp3) is 0.419. The average Bonchev–Trinajstić information content (AvgIpc) is 3.69. The zero-order valence-electron chi connectivity index (χ0n) is 25.3. The van der Waals surface area contributed by atoms with Crippen LogP contribution in [0, 0.1) is 5.92 Å². The topological polar surface area (TPSA) is 153 Å². The van der Waals surface area contributed by atoms with Gasteiger partial charge in [0.15, 0.2) is 4.34 Å². The standard InChI is InChI=1S/C31H37ClN8O4S2/c32-26-16-27-24(25(17-34-27)29(42)43)15-23(26)21-1-3-22(4-2-21)44-14-13-38-9-11-40(12-10-38)18-20-5-7-39(8-6-20)19-28(41)35-30-36-37-31(45-30)46-33/h1-4,15-17,20,34H,5-14,18-19,33H2,(H,42,43)(H,35,36,41). The highest BCUT2D eigenvalue weighted by atomic mass is 35.5. The van der Waals surface area contributed by atoms with Gasteiger partial charge in [0.25, 0.3) is 0 Å². The zero-order valence-corrected chi connectivity index (χ0v) is 27.7. The first kappa shape index (κ1) is 32.7. The summed E-state index contributed by atoms with van der Waals surface area (Å²) >= 11 is 8.83. The summed E-state index contributed by atoms with van der Waals surface area (Å²) in [5.74, 6) is 0.405. The molecule has 4 aromatic rings. The van der Waals surface area contributed by atoms with Crippen LogP contribution in [0.3, 0.4) is 0 Å². The number of fused-ring (bicyclic) bond motifs is 1. The number of halogens is 1. The molecule has 4 heterocycles. The van der Waals surface area contributed by atoms with E-state index in [2.05, 4.69) is 35.2 Å². The van der Waals surface area contributed by atoms with Crippen molar-refractivity contribution in [2.45, 2.75) is 17.2 Å². The van der Waals surface area contributed by atoms with Crippen molar-refractivity contribution < 1.29 is 19.4 Å². The summed E-state index contributed by atoms with van der Waals surface area (Å²) in [5, 5.41) is 27.3. The molecule has 46 heavy (non-hydrogen) atoms. The number of aromatic amines is 1. The zero-order chi connectivity index (χ0) is 32.0. The van der Waals surface area contributed by atoms with Crippen molar-refractivity contribution in [2.75, 3.05) is 70.8 Å². The number of carboxylic acid groups (broad SMARTS) is 1. The fourth-order valence-corrected chi connectivity index (χ4v) is 7.41. The van der Waals surface area contributed by atoms with Gasteiger partial charge in [-0.15, -0.1) is 10.2 Å². The van der Waals surface area contributed by atoms with Crippen molar-refractivity contribution in [3.63, 3.8) is 0 Å². The number of aromatic carboxylic acids is 1. The maximum absolute atomic E-state index is 12.4. The summed E-state index contributed by atoms with van der Waals surface area (Å²) in [6.07, 6.45) is 3.69. The Morgan fingerprint density at radius 2 is 1.80 bits per heavy atom. The van der Waals surface area contributed by atoms with Gasteiger partial charge in [-0.05, 0) is 73.6 Å². The Hall–Kier alpha value is -3.24. The number of hydrogen-bond acceptors (Lipinski definition) is 11.